The number of quaternary nitrogens is 2. The van der Waals surface area contributed by atoms with Crippen LogP contribution in [0.4, 0.5) is 21.5 Å². The second-order valence-corrected chi connectivity index (χ2v) is 14.9. The number of aliphatic hydroxyl groups excluding tert-OH is 4. The van der Waals surface area contributed by atoms with Gasteiger partial charge in [0.1, 0.15) is 12.2 Å². The topological polar surface area (TPSA) is 313 Å². The van der Waals surface area contributed by atoms with Crippen molar-refractivity contribution >= 4 is 35.8 Å². The van der Waals surface area contributed by atoms with Crippen molar-refractivity contribution in [2.24, 2.45) is 0 Å². The first-order chi connectivity index (χ1) is 26.2. The molecule has 0 aliphatic rings. The molecule has 0 aliphatic heterocycles. The fourth-order valence-corrected chi connectivity index (χ4v) is 5.55. The fourth-order valence-electron chi connectivity index (χ4n) is 5.55. The first kappa shape index (κ1) is 47.2. The average Bonchev–Trinajstić information content (AvgIpc) is 3.10. The van der Waals surface area contributed by atoms with Crippen molar-refractivity contribution in [1.82, 2.24) is 41.2 Å². The lowest BCUT2D eigenvalue weighted by atomic mass is 10.0. The van der Waals surface area contributed by atoms with Crippen LogP contribution in [0.15, 0.2) is 21.7 Å². The van der Waals surface area contributed by atoms with Crippen LogP contribution >= 0.6 is 0 Å². The summed E-state index contributed by atoms with van der Waals surface area (Å²) in [5.41, 5.74) is 0.178. The molecule has 2 aromatic rings. The summed E-state index contributed by atoms with van der Waals surface area (Å²) in [5, 5.41) is 56.5. The molecule has 0 fully saturated rings. The van der Waals surface area contributed by atoms with E-state index >= 15 is 0 Å². The maximum atomic E-state index is 12.4. The van der Waals surface area contributed by atoms with Crippen LogP contribution in [0.5, 0.6) is 0 Å². The molecule has 22 nitrogen and oxygen atoms in total. The molecule has 56 heavy (non-hydrogen) atoms. The van der Waals surface area contributed by atoms with Crippen LogP contribution in [-0.2, 0) is 9.59 Å². The highest BCUT2D eigenvalue weighted by Crippen LogP contribution is 2.08. The monoisotopic (exact) mass is 796 g/mol. The number of amides is 6. The van der Waals surface area contributed by atoms with Gasteiger partial charge in [0.15, 0.2) is 12.2 Å². The van der Waals surface area contributed by atoms with E-state index in [-0.39, 0.29) is 36.1 Å². The molecule has 0 unspecified atom stereocenters. The maximum Gasteiger partial charge on any atom is 0.321 e. The first-order valence-corrected chi connectivity index (χ1v) is 18.4. The Labute approximate surface area is 324 Å². The van der Waals surface area contributed by atoms with E-state index in [1.807, 2.05) is 28.2 Å². The molecule has 2 aromatic heterocycles. The van der Waals surface area contributed by atoms with Crippen molar-refractivity contribution in [1.29, 1.82) is 0 Å². The van der Waals surface area contributed by atoms with Crippen LogP contribution in [0, 0.1) is 13.8 Å². The van der Waals surface area contributed by atoms with Gasteiger partial charge in [-0.05, 0) is 13.8 Å². The van der Waals surface area contributed by atoms with Gasteiger partial charge in [-0.15, -0.1) is 0 Å². The summed E-state index contributed by atoms with van der Waals surface area (Å²) in [5.74, 6) is -1.87. The number of aromatic nitrogens is 4. The number of hydrogen-bond acceptors (Lipinski definition) is 12. The molecule has 0 aliphatic carbocycles. The molecule has 0 aromatic carbocycles. The Morgan fingerprint density at radius 1 is 0.589 bits per heavy atom. The summed E-state index contributed by atoms with van der Waals surface area (Å²) < 4.78 is 1.09. The Morgan fingerprint density at radius 2 is 0.893 bits per heavy atom. The first-order valence-electron chi connectivity index (χ1n) is 18.4. The van der Waals surface area contributed by atoms with Gasteiger partial charge in [-0.25, -0.2) is 19.6 Å². The third-order valence-corrected chi connectivity index (χ3v) is 8.67. The van der Waals surface area contributed by atoms with Crippen LogP contribution in [0.3, 0.4) is 0 Å². The van der Waals surface area contributed by atoms with Crippen LogP contribution in [0.1, 0.15) is 37.1 Å². The Hall–Kier alpha value is -5.00. The van der Waals surface area contributed by atoms with Crippen molar-refractivity contribution in [3.8, 4) is 0 Å². The second-order valence-electron chi connectivity index (χ2n) is 14.9. The largest absolute Gasteiger partial charge is 0.387 e. The van der Waals surface area contributed by atoms with Gasteiger partial charge >= 0.3 is 12.1 Å². The van der Waals surface area contributed by atoms with E-state index in [0.717, 1.165) is 0 Å². The SMILES string of the molecule is Cc1cc(=O)[nH]c(NC(=O)NCCC[N+](C)(C)CCCNC(=O)[C@@H](O)[C@H](O)[C@H](O)[C@@H](O)C(=O)NCCC[N+](C)(C)CCCNC(=O)Nc2nc(C)cc(=O)[nH]2)n1. The average molecular weight is 797 g/mol. The van der Waals surface area contributed by atoms with Crippen LogP contribution in [0.2, 0.25) is 0 Å². The van der Waals surface area contributed by atoms with E-state index < -0.39 is 48.3 Å². The lowest BCUT2D eigenvalue weighted by Gasteiger charge is -2.30. The second kappa shape index (κ2) is 22.5. The molecule has 0 spiro atoms. The van der Waals surface area contributed by atoms with Gasteiger partial charge in [0.2, 0.25) is 11.9 Å². The summed E-state index contributed by atoms with van der Waals surface area (Å²) in [6.07, 6.45) is -6.26. The van der Waals surface area contributed by atoms with Gasteiger partial charge < -0.3 is 50.7 Å². The number of anilines is 2. The summed E-state index contributed by atoms with van der Waals surface area (Å²) in [6.45, 7) is 6.86. The number of aromatic amines is 2. The molecule has 314 valence electrons. The third-order valence-electron chi connectivity index (χ3n) is 8.67. The van der Waals surface area contributed by atoms with E-state index in [9.17, 15) is 49.2 Å². The number of carbonyl (C=O) groups is 4. The minimum Gasteiger partial charge on any atom is -0.387 e. The van der Waals surface area contributed by atoms with E-state index in [1.165, 1.54) is 12.1 Å². The van der Waals surface area contributed by atoms with Crippen molar-refractivity contribution in [2.75, 3.05) is 91.2 Å². The van der Waals surface area contributed by atoms with Gasteiger partial charge in [0.05, 0.1) is 54.4 Å². The van der Waals surface area contributed by atoms with Gasteiger partial charge in [0, 0.05) is 75.4 Å². The summed E-state index contributed by atoms with van der Waals surface area (Å²) in [4.78, 5) is 85.0. The van der Waals surface area contributed by atoms with Crippen LogP contribution < -0.4 is 43.0 Å². The van der Waals surface area contributed by atoms with Crippen LogP contribution in [-0.4, -0.2) is 178 Å². The third kappa shape index (κ3) is 18.1. The molecule has 0 bridgehead atoms. The lowest BCUT2D eigenvalue weighted by molar-refractivity contribution is -0.890. The van der Waals surface area contributed by atoms with Gasteiger partial charge in [-0.2, -0.15) is 0 Å². The minimum atomic E-state index is -2.14. The molecular formula is C34H60N12O10+2. The maximum absolute atomic E-state index is 12.4. The number of urea groups is 2. The van der Waals surface area contributed by atoms with Gasteiger partial charge in [-0.3, -0.25) is 39.8 Å². The fraction of sp³-hybridized carbons (Fsp3) is 0.647. The zero-order valence-electron chi connectivity index (χ0n) is 33.0. The lowest BCUT2D eigenvalue weighted by Crippen LogP contribution is -2.54. The number of nitrogens with zero attached hydrogens (tertiary/aromatic N) is 4. The number of nitrogens with one attached hydrogen (secondary N) is 8. The van der Waals surface area contributed by atoms with Gasteiger partial charge in [0.25, 0.3) is 22.9 Å². The standard InChI is InChI=1S/C34H58N12O10/c1-21-19-23(47)41-31(39-21)43-33(55)37-13-9-17-45(3,4)15-7-11-35-29(53)27(51)25(49)26(50)28(52)30(54)36-12-8-16-46(5,6)18-10-14-38-34(56)44-32-40-22(2)20-24(48)42-32/h19-20,25-28,49-52H,7-18H2,1-6H3,(H6-2,35,36,37,38,39,40,41,42,43,44,47,48,53,54,55,56)/p+2/t25-,26+,27+,28-. The molecule has 0 saturated heterocycles. The predicted molar refractivity (Wildman–Crippen MR) is 205 cm³/mol. The highest BCUT2D eigenvalue weighted by molar-refractivity contribution is 5.87. The number of hydrogen-bond donors (Lipinski definition) is 12. The number of aryl methyl sites for hydroxylation is 2. The van der Waals surface area contributed by atoms with Gasteiger partial charge in [-0.1, -0.05) is 0 Å². The van der Waals surface area contributed by atoms with E-state index in [4.69, 9.17) is 0 Å². The number of carbonyl (C=O) groups excluding carboxylic acids is 4. The predicted octanol–water partition coefficient (Wildman–Crippen LogP) is -3.20. The molecule has 2 heterocycles. The van der Waals surface area contributed by atoms with E-state index in [1.54, 1.807) is 13.8 Å². The molecule has 4 atom stereocenters. The number of H-pyrrole nitrogens is 2. The number of aliphatic hydroxyl groups is 4. The van der Waals surface area contributed by atoms with Crippen molar-refractivity contribution in [3.63, 3.8) is 0 Å². The highest BCUT2D eigenvalue weighted by atomic mass is 16.4. The van der Waals surface area contributed by atoms with Crippen molar-refractivity contribution < 1.29 is 48.6 Å². The van der Waals surface area contributed by atoms with Crippen LogP contribution in [0.25, 0.3) is 0 Å². The molecule has 6 amide bonds. The Kier molecular flexibility index (Phi) is 19.0. The van der Waals surface area contributed by atoms with Crippen molar-refractivity contribution in [2.45, 2.75) is 63.9 Å². The van der Waals surface area contributed by atoms with E-state index in [2.05, 4.69) is 51.8 Å². The zero-order chi connectivity index (χ0) is 42.1. The number of rotatable bonds is 23. The minimum absolute atomic E-state index is 0.0463. The molecule has 12 N–H and O–H groups in total. The Morgan fingerprint density at radius 3 is 1.20 bits per heavy atom. The van der Waals surface area contributed by atoms with Crippen molar-refractivity contribution in [3.05, 3.63) is 44.2 Å². The molecule has 0 saturated carbocycles. The quantitative estimate of drug-likeness (QED) is 0.0391. The summed E-state index contributed by atoms with van der Waals surface area (Å²) in [6, 6.07) is 1.59. The summed E-state index contributed by atoms with van der Waals surface area (Å²) in [7, 11) is 7.86. The smallest absolute Gasteiger partial charge is 0.321 e. The normalized spacial score (nSPS) is 13.8. The molecule has 0 radical (unpaired) electrons. The zero-order valence-corrected chi connectivity index (χ0v) is 33.0. The highest BCUT2D eigenvalue weighted by Gasteiger charge is 2.37. The molecular weight excluding hydrogens is 736 g/mol. The summed E-state index contributed by atoms with van der Waals surface area (Å²) >= 11 is 0. The Bertz CT molecular complexity index is 1590. The Balaban J connectivity index is 1.60. The molecule has 2 rings (SSSR count). The van der Waals surface area contributed by atoms with E-state index in [0.29, 0.717) is 85.3 Å². The molecule has 22 heteroatoms.